The van der Waals surface area contributed by atoms with Gasteiger partial charge in [-0.15, -0.1) is 0 Å². The standard InChI is InChI=1S/C14H18Cl2N2O2/c15-11-3-4-13(12(16)8-11)20-7-6-18-5-1-2-10(9-18)14(17)19/h3-4,8,10H,1-2,5-7,9H2,(H2,17,19). The summed E-state index contributed by atoms with van der Waals surface area (Å²) in [5.74, 6) is 0.374. The molecule has 2 N–H and O–H groups in total. The minimum Gasteiger partial charge on any atom is -0.491 e. The predicted molar refractivity (Wildman–Crippen MR) is 80.3 cm³/mol. The van der Waals surface area contributed by atoms with Crippen molar-refractivity contribution < 1.29 is 9.53 Å². The molecule has 1 aliphatic rings. The van der Waals surface area contributed by atoms with Gasteiger partial charge in [-0.1, -0.05) is 23.2 Å². The molecule has 0 bridgehead atoms. The second-order valence-electron chi connectivity index (χ2n) is 4.97. The lowest BCUT2D eigenvalue weighted by molar-refractivity contribution is -0.123. The molecule has 1 saturated heterocycles. The van der Waals surface area contributed by atoms with E-state index in [4.69, 9.17) is 33.7 Å². The normalized spacial score (nSPS) is 19.8. The number of piperidine rings is 1. The van der Waals surface area contributed by atoms with Gasteiger partial charge in [-0.05, 0) is 37.6 Å². The highest BCUT2D eigenvalue weighted by atomic mass is 35.5. The minimum atomic E-state index is -0.212. The van der Waals surface area contributed by atoms with Gasteiger partial charge in [0.05, 0.1) is 10.9 Å². The van der Waals surface area contributed by atoms with E-state index in [0.29, 0.717) is 28.9 Å². The zero-order valence-electron chi connectivity index (χ0n) is 11.1. The van der Waals surface area contributed by atoms with Crippen LogP contribution < -0.4 is 10.5 Å². The fourth-order valence-electron chi connectivity index (χ4n) is 2.37. The number of ether oxygens (including phenoxy) is 1. The van der Waals surface area contributed by atoms with Gasteiger partial charge in [0.25, 0.3) is 0 Å². The molecular weight excluding hydrogens is 299 g/mol. The van der Waals surface area contributed by atoms with Gasteiger partial charge >= 0.3 is 0 Å². The number of nitrogens with two attached hydrogens (primary N) is 1. The van der Waals surface area contributed by atoms with E-state index >= 15 is 0 Å². The van der Waals surface area contributed by atoms with Gasteiger partial charge in [0.15, 0.2) is 0 Å². The second kappa shape index (κ2) is 7.16. The van der Waals surface area contributed by atoms with Crippen LogP contribution in [0.2, 0.25) is 10.0 Å². The maximum atomic E-state index is 11.2. The first-order chi connectivity index (χ1) is 9.56. The Bertz CT molecular complexity index is 482. The third kappa shape index (κ3) is 4.27. The van der Waals surface area contributed by atoms with E-state index in [1.165, 1.54) is 0 Å². The molecule has 4 nitrogen and oxygen atoms in total. The Morgan fingerprint density at radius 2 is 2.25 bits per heavy atom. The molecule has 0 aromatic heterocycles. The summed E-state index contributed by atoms with van der Waals surface area (Å²) < 4.78 is 5.64. The van der Waals surface area contributed by atoms with E-state index in [9.17, 15) is 4.79 Å². The maximum absolute atomic E-state index is 11.2. The number of hydrogen-bond acceptors (Lipinski definition) is 3. The lowest BCUT2D eigenvalue weighted by atomic mass is 9.98. The van der Waals surface area contributed by atoms with Crippen LogP contribution in [0.3, 0.4) is 0 Å². The van der Waals surface area contributed by atoms with Crippen molar-refractivity contribution in [3.63, 3.8) is 0 Å². The molecule has 0 spiro atoms. The van der Waals surface area contributed by atoms with Crippen LogP contribution in [0.25, 0.3) is 0 Å². The first-order valence-electron chi connectivity index (χ1n) is 6.66. The molecule has 1 aromatic carbocycles. The fourth-order valence-corrected chi connectivity index (χ4v) is 2.83. The number of benzene rings is 1. The lowest BCUT2D eigenvalue weighted by Gasteiger charge is -2.30. The van der Waals surface area contributed by atoms with Crippen molar-refractivity contribution in [1.82, 2.24) is 4.90 Å². The molecule has 0 aliphatic carbocycles. The number of halogens is 2. The third-order valence-electron chi connectivity index (χ3n) is 3.47. The third-order valence-corrected chi connectivity index (χ3v) is 4.00. The number of hydrogen-bond donors (Lipinski definition) is 1. The van der Waals surface area contributed by atoms with Crippen LogP contribution in [0.15, 0.2) is 18.2 Å². The molecule has 1 heterocycles. The van der Waals surface area contributed by atoms with Gasteiger partial charge in [-0.2, -0.15) is 0 Å². The van der Waals surface area contributed by atoms with Gasteiger partial charge in [0, 0.05) is 18.1 Å². The second-order valence-corrected chi connectivity index (χ2v) is 5.81. The molecule has 1 unspecified atom stereocenters. The van der Waals surface area contributed by atoms with Crippen molar-refractivity contribution in [2.24, 2.45) is 11.7 Å². The van der Waals surface area contributed by atoms with Crippen LogP contribution in [0.5, 0.6) is 5.75 Å². The molecule has 1 atom stereocenters. The molecular formula is C14H18Cl2N2O2. The van der Waals surface area contributed by atoms with E-state index in [1.54, 1.807) is 18.2 Å². The minimum absolute atomic E-state index is 0.0390. The Hall–Kier alpha value is -0.970. The maximum Gasteiger partial charge on any atom is 0.221 e. The molecule has 2 rings (SSSR count). The van der Waals surface area contributed by atoms with Crippen molar-refractivity contribution in [2.75, 3.05) is 26.2 Å². The van der Waals surface area contributed by atoms with Gasteiger partial charge in [-0.25, -0.2) is 0 Å². The van der Waals surface area contributed by atoms with Crippen molar-refractivity contribution in [1.29, 1.82) is 0 Å². The lowest BCUT2D eigenvalue weighted by Crippen LogP contribution is -2.42. The van der Waals surface area contributed by atoms with Gasteiger partial charge in [0.1, 0.15) is 12.4 Å². The van der Waals surface area contributed by atoms with Crippen molar-refractivity contribution >= 4 is 29.1 Å². The summed E-state index contributed by atoms with van der Waals surface area (Å²) in [4.78, 5) is 13.4. The Balaban J connectivity index is 1.79. The SMILES string of the molecule is NC(=O)C1CCCN(CCOc2ccc(Cl)cc2Cl)C1. The van der Waals surface area contributed by atoms with Crippen molar-refractivity contribution in [3.8, 4) is 5.75 Å². The summed E-state index contributed by atoms with van der Waals surface area (Å²) in [7, 11) is 0. The average molecular weight is 317 g/mol. The quantitative estimate of drug-likeness (QED) is 0.908. The molecule has 0 radical (unpaired) electrons. The average Bonchev–Trinajstić information content (AvgIpc) is 2.41. The van der Waals surface area contributed by atoms with Crippen LogP contribution in [-0.2, 0) is 4.79 Å². The van der Waals surface area contributed by atoms with Crippen LogP contribution in [0.1, 0.15) is 12.8 Å². The molecule has 1 aromatic rings. The predicted octanol–water partition coefficient (Wildman–Crippen LogP) is 2.57. The summed E-state index contributed by atoms with van der Waals surface area (Å²) in [6, 6.07) is 5.16. The fraction of sp³-hybridized carbons (Fsp3) is 0.500. The molecule has 1 amide bonds. The van der Waals surface area contributed by atoms with E-state index < -0.39 is 0 Å². The first kappa shape index (κ1) is 15.4. The van der Waals surface area contributed by atoms with E-state index in [0.717, 1.165) is 25.9 Å². The summed E-state index contributed by atoms with van der Waals surface area (Å²) in [5, 5.41) is 1.09. The van der Waals surface area contributed by atoms with Crippen LogP contribution in [-0.4, -0.2) is 37.0 Å². The smallest absolute Gasteiger partial charge is 0.221 e. The highest BCUT2D eigenvalue weighted by Crippen LogP contribution is 2.27. The van der Waals surface area contributed by atoms with Gasteiger partial charge in [0.2, 0.25) is 5.91 Å². The van der Waals surface area contributed by atoms with Crippen molar-refractivity contribution in [2.45, 2.75) is 12.8 Å². The number of carbonyl (C=O) groups excluding carboxylic acids is 1. The molecule has 1 fully saturated rings. The van der Waals surface area contributed by atoms with Crippen molar-refractivity contribution in [3.05, 3.63) is 28.2 Å². The number of amides is 1. The molecule has 1 aliphatic heterocycles. The molecule has 6 heteroatoms. The highest BCUT2D eigenvalue weighted by Gasteiger charge is 2.23. The Kier molecular flexibility index (Phi) is 5.52. The Morgan fingerprint density at radius 3 is 2.95 bits per heavy atom. The number of primary amides is 1. The first-order valence-corrected chi connectivity index (χ1v) is 7.41. The number of likely N-dealkylation sites (tertiary alicyclic amines) is 1. The Morgan fingerprint density at radius 1 is 1.45 bits per heavy atom. The largest absolute Gasteiger partial charge is 0.491 e. The van der Waals surface area contributed by atoms with Crippen LogP contribution in [0.4, 0.5) is 0 Å². The highest BCUT2D eigenvalue weighted by molar-refractivity contribution is 6.35. The van der Waals surface area contributed by atoms with Crippen LogP contribution in [0, 0.1) is 5.92 Å². The molecule has 0 saturated carbocycles. The number of nitrogens with zero attached hydrogens (tertiary/aromatic N) is 1. The topological polar surface area (TPSA) is 55.6 Å². The van der Waals surface area contributed by atoms with Crippen LogP contribution >= 0.6 is 23.2 Å². The number of carbonyl (C=O) groups is 1. The molecule has 110 valence electrons. The van der Waals surface area contributed by atoms with Gasteiger partial charge in [-0.3, -0.25) is 9.69 Å². The zero-order chi connectivity index (χ0) is 14.5. The summed E-state index contributed by atoms with van der Waals surface area (Å²) in [6.07, 6.45) is 1.88. The zero-order valence-corrected chi connectivity index (χ0v) is 12.7. The van der Waals surface area contributed by atoms with Gasteiger partial charge < -0.3 is 10.5 Å². The monoisotopic (exact) mass is 316 g/mol. The van der Waals surface area contributed by atoms with E-state index in [1.807, 2.05) is 0 Å². The van der Waals surface area contributed by atoms with E-state index in [2.05, 4.69) is 4.90 Å². The summed E-state index contributed by atoms with van der Waals surface area (Å²) >= 11 is 11.9. The number of rotatable bonds is 5. The summed E-state index contributed by atoms with van der Waals surface area (Å²) in [6.45, 7) is 2.96. The summed E-state index contributed by atoms with van der Waals surface area (Å²) in [5.41, 5.74) is 5.36. The Labute approximate surface area is 128 Å². The molecule has 20 heavy (non-hydrogen) atoms. The van der Waals surface area contributed by atoms with E-state index in [-0.39, 0.29) is 11.8 Å².